The number of nitrogens with zero attached hydrogens (tertiary/aromatic N) is 1. The van der Waals surface area contributed by atoms with Gasteiger partial charge < -0.3 is 4.57 Å². The summed E-state index contributed by atoms with van der Waals surface area (Å²) in [6, 6.07) is 2.37. The van der Waals surface area contributed by atoms with Gasteiger partial charge in [0.25, 0.3) is 5.91 Å². The Morgan fingerprint density at radius 1 is 1.54 bits per heavy atom. The van der Waals surface area contributed by atoms with Gasteiger partial charge in [-0.3, -0.25) is 15.0 Å². The molecule has 0 fully saturated rings. The predicted octanol–water partition coefficient (Wildman–Crippen LogP) is -0.601. The molecule has 1 aromatic heterocycles. The lowest BCUT2D eigenvalue weighted by molar-refractivity contribution is -0.123. The Labute approximate surface area is 75.1 Å². The Morgan fingerprint density at radius 2 is 2.08 bits per heavy atom. The van der Waals surface area contributed by atoms with Crippen molar-refractivity contribution < 1.29 is 4.79 Å². The summed E-state index contributed by atoms with van der Waals surface area (Å²) in [5, 5.41) is 0. The summed E-state index contributed by atoms with van der Waals surface area (Å²) >= 11 is 0. The first-order chi connectivity index (χ1) is 6.15. The fraction of sp³-hybridized carbons (Fsp3) is 0.250. The van der Waals surface area contributed by atoms with Gasteiger partial charge in [0, 0.05) is 24.5 Å². The van der Waals surface area contributed by atoms with E-state index in [1.54, 1.807) is 23.9 Å². The van der Waals surface area contributed by atoms with Crippen molar-refractivity contribution in [3.8, 4) is 0 Å². The van der Waals surface area contributed by atoms with E-state index in [0.29, 0.717) is 0 Å². The molecule has 0 aromatic carbocycles. The van der Waals surface area contributed by atoms with E-state index in [4.69, 9.17) is 5.84 Å². The molecule has 0 aliphatic carbocycles. The molecular formula is C8H11N3O2. The maximum atomic E-state index is 11.1. The van der Waals surface area contributed by atoms with E-state index in [0.717, 1.165) is 0 Å². The third-order valence-electron chi connectivity index (χ3n) is 1.79. The summed E-state index contributed by atoms with van der Waals surface area (Å²) in [7, 11) is 0. The molecule has 0 bridgehead atoms. The maximum absolute atomic E-state index is 11.1. The van der Waals surface area contributed by atoms with E-state index < -0.39 is 6.04 Å². The predicted molar refractivity (Wildman–Crippen MR) is 47.7 cm³/mol. The smallest absolute Gasteiger partial charge is 0.256 e. The van der Waals surface area contributed by atoms with Gasteiger partial charge in [-0.15, -0.1) is 0 Å². The van der Waals surface area contributed by atoms with Crippen LogP contribution in [0.5, 0.6) is 0 Å². The van der Waals surface area contributed by atoms with Crippen LogP contribution in [0.2, 0.25) is 0 Å². The number of carbonyl (C=O) groups excluding carboxylic acids is 1. The zero-order chi connectivity index (χ0) is 9.84. The zero-order valence-corrected chi connectivity index (χ0v) is 7.23. The molecule has 1 rings (SSSR count). The van der Waals surface area contributed by atoms with E-state index in [9.17, 15) is 9.59 Å². The van der Waals surface area contributed by atoms with Crippen LogP contribution in [-0.4, -0.2) is 10.5 Å². The minimum absolute atomic E-state index is 0.0865. The highest BCUT2D eigenvalue weighted by Crippen LogP contribution is 2.02. The Morgan fingerprint density at radius 3 is 2.54 bits per heavy atom. The quantitative estimate of drug-likeness (QED) is 0.363. The molecule has 70 valence electrons. The molecule has 0 aliphatic heterocycles. The number of nitrogens with one attached hydrogen (secondary N) is 1. The second-order valence-corrected chi connectivity index (χ2v) is 2.67. The summed E-state index contributed by atoms with van der Waals surface area (Å²) in [5.41, 5.74) is 1.95. The van der Waals surface area contributed by atoms with Gasteiger partial charge >= 0.3 is 0 Å². The number of amides is 1. The van der Waals surface area contributed by atoms with Crippen molar-refractivity contribution in [2.24, 2.45) is 5.84 Å². The van der Waals surface area contributed by atoms with Crippen LogP contribution in [0, 0.1) is 0 Å². The summed E-state index contributed by atoms with van der Waals surface area (Å²) in [4.78, 5) is 21.8. The molecule has 5 nitrogen and oxygen atoms in total. The number of rotatable bonds is 2. The van der Waals surface area contributed by atoms with E-state index in [1.807, 2.05) is 5.43 Å². The lowest BCUT2D eigenvalue weighted by Gasteiger charge is -2.12. The molecule has 0 spiro atoms. The van der Waals surface area contributed by atoms with Gasteiger partial charge in [-0.25, -0.2) is 5.84 Å². The third kappa shape index (κ3) is 2.16. The summed E-state index contributed by atoms with van der Waals surface area (Å²) in [5.74, 6) is 4.66. The van der Waals surface area contributed by atoms with Crippen LogP contribution >= 0.6 is 0 Å². The van der Waals surface area contributed by atoms with Gasteiger partial charge in [-0.05, 0) is 6.92 Å². The minimum atomic E-state index is -0.411. The normalized spacial score (nSPS) is 12.2. The molecule has 0 aliphatic rings. The Kier molecular flexibility index (Phi) is 2.81. The second-order valence-electron chi connectivity index (χ2n) is 2.67. The maximum Gasteiger partial charge on any atom is 0.256 e. The molecule has 3 N–H and O–H groups in total. The second kappa shape index (κ2) is 3.86. The van der Waals surface area contributed by atoms with Crippen LogP contribution in [0.3, 0.4) is 0 Å². The van der Waals surface area contributed by atoms with Crippen LogP contribution in [0.4, 0.5) is 0 Å². The van der Waals surface area contributed by atoms with Crippen molar-refractivity contribution >= 4 is 5.91 Å². The van der Waals surface area contributed by atoms with Crippen molar-refractivity contribution in [1.29, 1.82) is 0 Å². The molecule has 1 amide bonds. The summed E-state index contributed by atoms with van der Waals surface area (Å²) in [6.07, 6.45) is 3.09. The van der Waals surface area contributed by atoms with Gasteiger partial charge in [-0.2, -0.15) is 0 Å². The molecule has 0 saturated heterocycles. The Balaban J connectivity index is 2.89. The van der Waals surface area contributed by atoms with Crippen molar-refractivity contribution in [1.82, 2.24) is 9.99 Å². The molecular weight excluding hydrogens is 170 g/mol. The highest BCUT2D eigenvalue weighted by molar-refractivity contribution is 5.79. The molecule has 1 heterocycles. The largest absolute Gasteiger partial charge is 0.342 e. The van der Waals surface area contributed by atoms with Crippen LogP contribution in [0.1, 0.15) is 13.0 Å². The van der Waals surface area contributed by atoms with Crippen LogP contribution < -0.4 is 16.7 Å². The van der Waals surface area contributed by atoms with Crippen LogP contribution in [0.15, 0.2) is 29.3 Å². The molecule has 0 radical (unpaired) electrons. The fourth-order valence-electron chi connectivity index (χ4n) is 0.938. The van der Waals surface area contributed by atoms with Gasteiger partial charge in [0.1, 0.15) is 6.04 Å². The highest BCUT2D eigenvalue weighted by Gasteiger charge is 2.10. The molecule has 13 heavy (non-hydrogen) atoms. The van der Waals surface area contributed by atoms with E-state index in [2.05, 4.69) is 0 Å². The van der Waals surface area contributed by atoms with Crippen molar-refractivity contribution in [3.63, 3.8) is 0 Å². The number of pyridine rings is 1. The lowest BCUT2D eigenvalue weighted by atomic mass is 10.3. The van der Waals surface area contributed by atoms with Crippen LogP contribution in [-0.2, 0) is 4.79 Å². The molecule has 1 aromatic rings. The average Bonchev–Trinajstić information content (AvgIpc) is 2.17. The fourth-order valence-corrected chi connectivity index (χ4v) is 0.938. The van der Waals surface area contributed by atoms with Crippen molar-refractivity contribution in [2.45, 2.75) is 13.0 Å². The van der Waals surface area contributed by atoms with Gasteiger partial charge in [0.15, 0.2) is 5.43 Å². The molecule has 5 heteroatoms. The standard InChI is InChI=1S/C8H11N3O2/c1-6(8(13)10-9)11-4-2-7(12)3-5-11/h2-6H,9H2,1H3,(H,10,13). The molecule has 1 atom stereocenters. The number of hydrazine groups is 1. The number of nitrogens with two attached hydrogens (primary N) is 1. The number of carbonyl (C=O) groups is 1. The molecule has 0 saturated carbocycles. The number of hydrogen-bond donors (Lipinski definition) is 2. The minimum Gasteiger partial charge on any atom is -0.342 e. The topological polar surface area (TPSA) is 77.1 Å². The average molecular weight is 181 g/mol. The van der Waals surface area contributed by atoms with Crippen molar-refractivity contribution in [3.05, 3.63) is 34.7 Å². The van der Waals surface area contributed by atoms with Crippen LogP contribution in [0.25, 0.3) is 0 Å². The first-order valence-electron chi connectivity index (χ1n) is 3.83. The monoisotopic (exact) mass is 181 g/mol. The molecule has 1 unspecified atom stereocenters. The first-order valence-corrected chi connectivity index (χ1v) is 3.83. The van der Waals surface area contributed by atoms with E-state index in [-0.39, 0.29) is 11.3 Å². The SMILES string of the molecule is CC(C(=O)NN)n1ccc(=O)cc1. The van der Waals surface area contributed by atoms with E-state index in [1.165, 1.54) is 12.1 Å². The highest BCUT2D eigenvalue weighted by atomic mass is 16.2. The Hall–Kier alpha value is -1.62. The number of hydrogen-bond acceptors (Lipinski definition) is 3. The van der Waals surface area contributed by atoms with Crippen molar-refractivity contribution in [2.75, 3.05) is 0 Å². The Bertz CT molecular complexity index is 338. The van der Waals surface area contributed by atoms with Gasteiger partial charge in [-0.1, -0.05) is 0 Å². The first kappa shape index (κ1) is 9.47. The summed E-state index contributed by atoms with van der Waals surface area (Å²) < 4.78 is 1.60. The van der Waals surface area contributed by atoms with Gasteiger partial charge in [0.05, 0.1) is 0 Å². The third-order valence-corrected chi connectivity index (χ3v) is 1.79. The number of aromatic nitrogens is 1. The zero-order valence-electron chi connectivity index (χ0n) is 7.23. The summed E-state index contributed by atoms with van der Waals surface area (Å²) in [6.45, 7) is 1.69. The van der Waals surface area contributed by atoms with E-state index >= 15 is 0 Å². The van der Waals surface area contributed by atoms with Gasteiger partial charge in [0.2, 0.25) is 0 Å². The lowest BCUT2D eigenvalue weighted by Crippen LogP contribution is -2.35.